The molecule has 2 aromatic carbocycles. The molecule has 0 saturated heterocycles. The Bertz CT molecular complexity index is 809. The summed E-state index contributed by atoms with van der Waals surface area (Å²) in [6.07, 6.45) is 0.411. The number of benzene rings is 2. The monoisotopic (exact) mass is 336 g/mol. The highest BCUT2D eigenvalue weighted by atomic mass is 32.1. The minimum Gasteiger partial charge on any atom is -0.340 e. The van der Waals surface area contributed by atoms with E-state index in [0.717, 1.165) is 21.8 Å². The van der Waals surface area contributed by atoms with Crippen molar-refractivity contribution in [3.63, 3.8) is 0 Å². The molecule has 0 unspecified atom stereocenters. The van der Waals surface area contributed by atoms with Gasteiger partial charge in [-0.3, -0.25) is 4.79 Å². The Morgan fingerprint density at radius 1 is 1.04 bits per heavy atom. The molecule has 122 valence electrons. The van der Waals surface area contributed by atoms with Crippen molar-refractivity contribution >= 4 is 17.2 Å². The van der Waals surface area contributed by atoms with E-state index in [4.69, 9.17) is 0 Å². The van der Waals surface area contributed by atoms with E-state index >= 15 is 0 Å². The quantitative estimate of drug-likeness (QED) is 0.695. The molecule has 0 saturated carbocycles. The zero-order valence-electron chi connectivity index (χ0n) is 13.9. The molecule has 1 heterocycles. The van der Waals surface area contributed by atoms with E-state index in [-0.39, 0.29) is 5.91 Å². The third kappa shape index (κ3) is 4.09. The third-order valence-corrected chi connectivity index (χ3v) is 4.73. The fourth-order valence-electron chi connectivity index (χ4n) is 2.57. The van der Waals surface area contributed by atoms with Crippen molar-refractivity contribution < 1.29 is 4.79 Å². The summed E-state index contributed by atoms with van der Waals surface area (Å²) in [4.78, 5) is 18.5. The zero-order valence-corrected chi connectivity index (χ0v) is 14.7. The number of aryl methyl sites for hydroxylation is 1. The van der Waals surface area contributed by atoms with Gasteiger partial charge in [0.15, 0.2) is 0 Å². The Morgan fingerprint density at radius 2 is 1.71 bits per heavy atom. The van der Waals surface area contributed by atoms with Gasteiger partial charge >= 0.3 is 0 Å². The van der Waals surface area contributed by atoms with Gasteiger partial charge in [0.25, 0.3) is 0 Å². The zero-order chi connectivity index (χ0) is 16.9. The lowest BCUT2D eigenvalue weighted by Crippen LogP contribution is -2.27. The Morgan fingerprint density at radius 3 is 2.33 bits per heavy atom. The standard InChI is InChI=1S/C20H20N2OS/c1-15-21-19(14-24-15)13-22(2)20(23)12-16-8-10-18(11-9-16)17-6-4-3-5-7-17/h3-11,14H,12-13H2,1-2H3. The molecule has 3 rings (SSSR count). The first-order chi connectivity index (χ1) is 11.6. The lowest BCUT2D eigenvalue weighted by Gasteiger charge is -2.16. The molecular formula is C20H20N2OS. The second-order valence-electron chi connectivity index (χ2n) is 5.85. The van der Waals surface area contributed by atoms with Crippen LogP contribution in [0, 0.1) is 6.92 Å². The van der Waals surface area contributed by atoms with E-state index in [1.807, 2.05) is 49.7 Å². The SMILES string of the molecule is Cc1nc(CN(C)C(=O)Cc2ccc(-c3ccccc3)cc2)cs1. The van der Waals surface area contributed by atoms with E-state index in [1.54, 1.807) is 16.2 Å². The first-order valence-corrected chi connectivity index (χ1v) is 8.79. The first-order valence-electron chi connectivity index (χ1n) is 7.91. The predicted molar refractivity (Wildman–Crippen MR) is 98.9 cm³/mol. The molecule has 0 radical (unpaired) electrons. The fraction of sp³-hybridized carbons (Fsp3) is 0.200. The topological polar surface area (TPSA) is 33.2 Å². The average Bonchev–Trinajstić information content (AvgIpc) is 3.01. The molecule has 1 amide bonds. The minimum absolute atomic E-state index is 0.105. The maximum Gasteiger partial charge on any atom is 0.227 e. The van der Waals surface area contributed by atoms with Gasteiger partial charge in [0.05, 0.1) is 23.7 Å². The fourth-order valence-corrected chi connectivity index (χ4v) is 3.17. The van der Waals surface area contributed by atoms with Gasteiger partial charge < -0.3 is 4.90 Å². The molecule has 0 atom stereocenters. The van der Waals surface area contributed by atoms with Crippen LogP contribution in [0.4, 0.5) is 0 Å². The van der Waals surface area contributed by atoms with E-state index in [1.165, 1.54) is 5.56 Å². The van der Waals surface area contributed by atoms with Crippen LogP contribution in [0.5, 0.6) is 0 Å². The molecular weight excluding hydrogens is 316 g/mol. The van der Waals surface area contributed by atoms with Crippen molar-refractivity contribution in [2.45, 2.75) is 19.9 Å². The van der Waals surface area contributed by atoms with Crippen molar-refractivity contribution in [2.75, 3.05) is 7.05 Å². The molecule has 3 aromatic rings. The van der Waals surface area contributed by atoms with Crippen LogP contribution in [0.2, 0.25) is 0 Å². The second kappa shape index (κ2) is 7.41. The van der Waals surface area contributed by atoms with Crippen LogP contribution in [-0.4, -0.2) is 22.8 Å². The molecule has 24 heavy (non-hydrogen) atoms. The Balaban J connectivity index is 1.62. The summed E-state index contributed by atoms with van der Waals surface area (Å²) in [5, 5.41) is 3.04. The molecule has 0 aliphatic rings. The molecule has 0 spiro atoms. The minimum atomic E-state index is 0.105. The van der Waals surface area contributed by atoms with Crippen LogP contribution in [-0.2, 0) is 17.8 Å². The van der Waals surface area contributed by atoms with E-state index in [2.05, 4.69) is 29.2 Å². The number of hydrogen-bond acceptors (Lipinski definition) is 3. The first kappa shape index (κ1) is 16.4. The molecule has 0 fully saturated rings. The van der Waals surface area contributed by atoms with E-state index < -0.39 is 0 Å². The highest BCUT2D eigenvalue weighted by molar-refractivity contribution is 7.09. The predicted octanol–water partition coefficient (Wildman–Crippen LogP) is 4.32. The molecule has 1 aromatic heterocycles. The number of carbonyl (C=O) groups excluding carboxylic acids is 1. The van der Waals surface area contributed by atoms with Crippen molar-refractivity contribution in [2.24, 2.45) is 0 Å². The Hall–Kier alpha value is -2.46. The molecule has 3 nitrogen and oxygen atoms in total. The maximum absolute atomic E-state index is 12.4. The van der Waals surface area contributed by atoms with Gasteiger partial charge in [-0.05, 0) is 23.6 Å². The number of likely N-dealkylation sites (N-methyl/N-ethyl adjacent to an activating group) is 1. The van der Waals surface area contributed by atoms with Crippen molar-refractivity contribution in [3.05, 3.63) is 76.2 Å². The van der Waals surface area contributed by atoms with Crippen molar-refractivity contribution in [1.82, 2.24) is 9.88 Å². The number of thiazole rings is 1. The molecule has 0 N–H and O–H groups in total. The van der Waals surface area contributed by atoms with Gasteiger partial charge in [0, 0.05) is 12.4 Å². The van der Waals surface area contributed by atoms with Gasteiger partial charge in [-0.15, -0.1) is 11.3 Å². The smallest absolute Gasteiger partial charge is 0.227 e. The van der Waals surface area contributed by atoms with Gasteiger partial charge in [-0.1, -0.05) is 54.6 Å². The highest BCUT2D eigenvalue weighted by Gasteiger charge is 2.11. The number of aromatic nitrogens is 1. The van der Waals surface area contributed by atoms with Gasteiger partial charge in [-0.2, -0.15) is 0 Å². The van der Waals surface area contributed by atoms with E-state index in [9.17, 15) is 4.79 Å². The average molecular weight is 336 g/mol. The molecule has 0 bridgehead atoms. The normalized spacial score (nSPS) is 10.6. The van der Waals surface area contributed by atoms with Crippen LogP contribution in [0.1, 0.15) is 16.3 Å². The lowest BCUT2D eigenvalue weighted by molar-refractivity contribution is -0.129. The summed E-state index contributed by atoms with van der Waals surface area (Å²) in [7, 11) is 1.83. The van der Waals surface area contributed by atoms with Crippen LogP contribution in [0.25, 0.3) is 11.1 Å². The summed E-state index contributed by atoms with van der Waals surface area (Å²) in [5.41, 5.74) is 4.33. The number of hydrogen-bond donors (Lipinski definition) is 0. The molecule has 0 aliphatic carbocycles. The van der Waals surface area contributed by atoms with Crippen LogP contribution in [0.3, 0.4) is 0 Å². The second-order valence-corrected chi connectivity index (χ2v) is 6.91. The van der Waals surface area contributed by atoms with Crippen LogP contribution >= 0.6 is 11.3 Å². The molecule has 0 aliphatic heterocycles. The summed E-state index contributed by atoms with van der Waals surface area (Å²) in [5.74, 6) is 0.105. The van der Waals surface area contributed by atoms with E-state index in [0.29, 0.717) is 13.0 Å². The van der Waals surface area contributed by atoms with Gasteiger partial charge in [-0.25, -0.2) is 4.98 Å². The summed E-state index contributed by atoms with van der Waals surface area (Å²) >= 11 is 1.61. The largest absolute Gasteiger partial charge is 0.340 e. The van der Waals surface area contributed by atoms with Crippen LogP contribution < -0.4 is 0 Å². The Kier molecular flexibility index (Phi) is 5.06. The number of carbonyl (C=O) groups is 1. The summed E-state index contributed by atoms with van der Waals surface area (Å²) in [6, 6.07) is 18.4. The molecule has 4 heteroatoms. The van der Waals surface area contributed by atoms with Gasteiger partial charge in [0.1, 0.15) is 0 Å². The number of nitrogens with zero attached hydrogens (tertiary/aromatic N) is 2. The van der Waals surface area contributed by atoms with Gasteiger partial charge in [0.2, 0.25) is 5.91 Å². The highest BCUT2D eigenvalue weighted by Crippen LogP contribution is 2.19. The van der Waals surface area contributed by atoms with Crippen molar-refractivity contribution in [3.8, 4) is 11.1 Å². The third-order valence-electron chi connectivity index (χ3n) is 3.91. The summed E-state index contributed by atoms with van der Waals surface area (Å²) < 4.78 is 0. The maximum atomic E-state index is 12.4. The van der Waals surface area contributed by atoms with Crippen molar-refractivity contribution in [1.29, 1.82) is 0 Å². The Labute approximate surface area is 146 Å². The number of rotatable bonds is 5. The number of amides is 1. The summed E-state index contributed by atoms with van der Waals surface area (Å²) in [6.45, 7) is 2.54. The van der Waals surface area contributed by atoms with Crippen LogP contribution in [0.15, 0.2) is 60.0 Å². The lowest BCUT2D eigenvalue weighted by atomic mass is 10.0.